The SMILES string of the molecule is CCN(C(=O)C1CCCC1)c1ccc(N)cn1. The van der Waals surface area contributed by atoms with Gasteiger partial charge < -0.3 is 5.73 Å². The van der Waals surface area contributed by atoms with Gasteiger partial charge in [0.1, 0.15) is 5.82 Å². The molecule has 0 aromatic carbocycles. The molecule has 2 N–H and O–H groups in total. The van der Waals surface area contributed by atoms with E-state index in [9.17, 15) is 4.79 Å². The van der Waals surface area contributed by atoms with Crippen LogP contribution in [-0.2, 0) is 4.79 Å². The summed E-state index contributed by atoms with van der Waals surface area (Å²) in [5, 5.41) is 0. The Kier molecular flexibility index (Phi) is 3.61. The first-order valence-corrected chi connectivity index (χ1v) is 6.25. The molecule has 1 aromatic heterocycles. The van der Waals surface area contributed by atoms with Crippen molar-refractivity contribution in [1.29, 1.82) is 0 Å². The first kappa shape index (κ1) is 11.9. The molecule has 0 bridgehead atoms. The first-order chi connectivity index (χ1) is 8.22. The Balaban J connectivity index is 2.14. The van der Waals surface area contributed by atoms with Crippen LogP contribution < -0.4 is 10.6 Å². The molecule has 0 radical (unpaired) electrons. The number of rotatable bonds is 3. The minimum absolute atomic E-state index is 0.189. The van der Waals surface area contributed by atoms with E-state index in [1.54, 1.807) is 17.2 Å². The van der Waals surface area contributed by atoms with Gasteiger partial charge in [-0.05, 0) is 31.9 Å². The lowest BCUT2D eigenvalue weighted by molar-refractivity contribution is -0.122. The third-order valence-electron chi connectivity index (χ3n) is 3.33. The number of amides is 1. The van der Waals surface area contributed by atoms with E-state index in [0.29, 0.717) is 18.1 Å². The lowest BCUT2D eigenvalue weighted by atomic mass is 10.1. The van der Waals surface area contributed by atoms with Gasteiger partial charge in [-0.2, -0.15) is 0 Å². The number of anilines is 2. The molecule has 1 aliphatic carbocycles. The van der Waals surface area contributed by atoms with Crippen LogP contribution in [0.5, 0.6) is 0 Å². The fraction of sp³-hybridized carbons (Fsp3) is 0.538. The van der Waals surface area contributed by atoms with Crippen molar-refractivity contribution in [3.8, 4) is 0 Å². The zero-order valence-electron chi connectivity index (χ0n) is 10.2. The van der Waals surface area contributed by atoms with Gasteiger partial charge in [0.2, 0.25) is 5.91 Å². The van der Waals surface area contributed by atoms with E-state index in [4.69, 9.17) is 5.73 Å². The zero-order chi connectivity index (χ0) is 12.3. The molecule has 0 aliphatic heterocycles. The van der Waals surface area contributed by atoms with E-state index < -0.39 is 0 Å². The molecule has 0 spiro atoms. The molecule has 4 nitrogen and oxygen atoms in total. The summed E-state index contributed by atoms with van der Waals surface area (Å²) in [5.74, 6) is 1.11. The molecule has 0 saturated heterocycles. The molecule has 92 valence electrons. The van der Waals surface area contributed by atoms with E-state index in [-0.39, 0.29) is 11.8 Å². The predicted octanol–water partition coefficient (Wildman–Crippen LogP) is 2.21. The third kappa shape index (κ3) is 2.57. The first-order valence-electron chi connectivity index (χ1n) is 6.25. The Bertz CT molecular complexity index is 382. The Morgan fingerprint density at radius 3 is 2.71 bits per heavy atom. The van der Waals surface area contributed by atoms with E-state index in [1.807, 2.05) is 13.0 Å². The highest BCUT2D eigenvalue weighted by atomic mass is 16.2. The number of nitrogens with zero attached hydrogens (tertiary/aromatic N) is 2. The summed E-state index contributed by atoms with van der Waals surface area (Å²) in [6.45, 7) is 2.64. The average molecular weight is 233 g/mol. The predicted molar refractivity (Wildman–Crippen MR) is 68.6 cm³/mol. The molecular weight excluding hydrogens is 214 g/mol. The number of hydrogen-bond donors (Lipinski definition) is 1. The van der Waals surface area contributed by atoms with Crippen molar-refractivity contribution >= 4 is 17.4 Å². The largest absolute Gasteiger partial charge is 0.397 e. The van der Waals surface area contributed by atoms with Gasteiger partial charge in [0, 0.05) is 12.5 Å². The van der Waals surface area contributed by atoms with Crippen LogP contribution >= 0.6 is 0 Å². The Morgan fingerprint density at radius 2 is 2.18 bits per heavy atom. The number of aromatic nitrogens is 1. The highest BCUT2D eigenvalue weighted by molar-refractivity contribution is 5.94. The standard InChI is InChI=1S/C13H19N3O/c1-2-16(12-8-7-11(14)9-15-12)13(17)10-5-3-4-6-10/h7-10H,2-6,14H2,1H3. The Labute approximate surface area is 102 Å². The van der Waals surface area contributed by atoms with Crippen LogP contribution in [0.4, 0.5) is 11.5 Å². The Hall–Kier alpha value is -1.58. The van der Waals surface area contributed by atoms with Crippen molar-refractivity contribution in [3.63, 3.8) is 0 Å². The van der Waals surface area contributed by atoms with Gasteiger partial charge in [0.25, 0.3) is 0 Å². The highest BCUT2D eigenvalue weighted by Gasteiger charge is 2.27. The fourth-order valence-electron chi connectivity index (χ4n) is 2.38. The van der Waals surface area contributed by atoms with Crippen molar-refractivity contribution in [2.24, 2.45) is 5.92 Å². The van der Waals surface area contributed by atoms with Gasteiger partial charge in [0.15, 0.2) is 0 Å². The number of carbonyl (C=O) groups excluding carboxylic acids is 1. The van der Waals surface area contributed by atoms with E-state index in [2.05, 4.69) is 4.98 Å². The summed E-state index contributed by atoms with van der Waals surface area (Å²) < 4.78 is 0. The number of hydrogen-bond acceptors (Lipinski definition) is 3. The van der Waals surface area contributed by atoms with E-state index >= 15 is 0 Å². The molecule has 1 saturated carbocycles. The maximum atomic E-state index is 12.3. The second-order valence-electron chi connectivity index (χ2n) is 4.51. The van der Waals surface area contributed by atoms with Crippen LogP contribution in [0.2, 0.25) is 0 Å². The molecule has 1 aromatic rings. The van der Waals surface area contributed by atoms with E-state index in [0.717, 1.165) is 12.8 Å². The van der Waals surface area contributed by atoms with Crippen molar-refractivity contribution in [3.05, 3.63) is 18.3 Å². The van der Waals surface area contributed by atoms with Crippen molar-refractivity contribution in [1.82, 2.24) is 4.98 Å². The second-order valence-corrected chi connectivity index (χ2v) is 4.51. The molecule has 4 heteroatoms. The quantitative estimate of drug-likeness (QED) is 0.870. The number of pyridine rings is 1. The monoisotopic (exact) mass is 233 g/mol. The maximum absolute atomic E-state index is 12.3. The molecular formula is C13H19N3O. The van der Waals surface area contributed by atoms with Crippen LogP contribution in [0.1, 0.15) is 32.6 Å². The number of carbonyl (C=O) groups is 1. The summed E-state index contributed by atoms with van der Waals surface area (Å²) >= 11 is 0. The maximum Gasteiger partial charge on any atom is 0.231 e. The smallest absolute Gasteiger partial charge is 0.231 e. The summed E-state index contributed by atoms with van der Waals surface area (Å²) in [5.41, 5.74) is 6.22. The third-order valence-corrected chi connectivity index (χ3v) is 3.33. The van der Waals surface area contributed by atoms with Gasteiger partial charge >= 0.3 is 0 Å². The number of nitrogens with two attached hydrogens (primary N) is 1. The topological polar surface area (TPSA) is 59.2 Å². The average Bonchev–Trinajstić information content (AvgIpc) is 2.86. The van der Waals surface area contributed by atoms with E-state index in [1.165, 1.54) is 12.8 Å². The van der Waals surface area contributed by atoms with Gasteiger partial charge in [-0.25, -0.2) is 4.98 Å². The van der Waals surface area contributed by atoms with Gasteiger partial charge in [-0.1, -0.05) is 12.8 Å². The van der Waals surface area contributed by atoms with Crippen LogP contribution in [-0.4, -0.2) is 17.4 Å². The normalized spacial score (nSPS) is 16.1. The second kappa shape index (κ2) is 5.17. The lowest BCUT2D eigenvalue weighted by Gasteiger charge is -2.23. The summed E-state index contributed by atoms with van der Waals surface area (Å²) in [6.07, 6.45) is 5.97. The van der Waals surface area contributed by atoms with Crippen LogP contribution in [0.3, 0.4) is 0 Å². The Morgan fingerprint density at radius 1 is 1.47 bits per heavy atom. The molecule has 2 rings (SSSR count). The van der Waals surface area contributed by atoms with Crippen LogP contribution in [0.25, 0.3) is 0 Å². The van der Waals surface area contributed by atoms with Crippen LogP contribution in [0.15, 0.2) is 18.3 Å². The number of nitrogen functional groups attached to an aromatic ring is 1. The van der Waals surface area contributed by atoms with Gasteiger partial charge in [-0.15, -0.1) is 0 Å². The molecule has 1 aliphatic rings. The highest BCUT2D eigenvalue weighted by Crippen LogP contribution is 2.28. The molecule has 1 heterocycles. The lowest BCUT2D eigenvalue weighted by Crippen LogP contribution is -2.35. The summed E-state index contributed by atoms with van der Waals surface area (Å²) in [4.78, 5) is 18.3. The van der Waals surface area contributed by atoms with Crippen molar-refractivity contribution in [2.75, 3.05) is 17.2 Å². The van der Waals surface area contributed by atoms with Gasteiger partial charge in [0.05, 0.1) is 11.9 Å². The van der Waals surface area contributed by atoms with Crippen molar-refractivity contribution in [2.45, 2.75) is 32.6 Å². The fourth-order valence-corrected chi connectivity index (χ4v) is 2.38. The molecule has 0 atom stereocenters. The molecule has 1 fully saturated rings. The van der Waals surface area contributed by atoms with Crippen LogP contribution in [0, 0.1) is 5.92 Å². The molecule has 0 unspecified atom stereocenters. The zero-order valence-corrected chi connectivity index (χ0v) is 10.2. The summed E-state index contributed by atoms with van der Waals surface area (Å²) in [6, 6.07) is 3.60. The minimum atomic E-state index is 0.189. The molecule has 17 heavy (non-hydrogen) atoms. The minimum Gasteiger partial charge on any atom is -0.397 e. The van der Waals surface area contributed by atoms with Gasteiger partial charge in [-0.3, -0.25) is 9.69 Å². The molecule has 1 amide bonds. The van der Waals surface area contributed by atoms with Crippen molar-refractivity contribution < 1.29 is 4.79 Å². The summed E-state index contributed by atoms with van der Waals surface area (Å²) in [7, 11) is 0.